The number of allylic oxidation sites excluding steroid dienone is 4. The van der Waals surface area contributed by atoms with E-state index in [9.17, 15) is 10.4 Å². The summed E-state index contributed by atoms with van der Waals surface area (Å²) in [6.07, 6.45) is 15.7. The summed E-state index contributed by atoms with van der Waals surface area (Å²) < 4.78 is 0. The molecule has 4 rings (SSSR count). The van der Waals surface area contributed by atoms with Crippen molar-refractivity contribution in [2.24, 2.45) is 51.8 Å². The van der Waals surface area contributed by atoms with Gasteiger partial charge in [0.05, 0.1) is 17.6 Å². The summed E-state index contributed by atoms with van der Waals surface area (Å²) in [7, 11) is 0. The molecular formula is C29H45NO. The molecule has 2 nitrogen and oxygen atoms in total. The highest BCUT2D eigenvalue weighted by molar-refractivity contribution is 5.33. The van der Waals surface area contributed by atoms with E-state index in [2.05, 4.69) is 65.8 Å². The molecule has 9 atom stereocenters. The molecule has 3 saturated carbocycles. The van der Waals surface area contributed by atoms with Crippen LogP contribution in [0.25, 0.3) is 0 Å². The van der Waals surface area contributed by atoms with Crippen LogP contribution in [0.3, 0.4) is 0 Å². The number of aliphatic hydroxyl groups is 1. The molecule has 0 spiro atoms. The lowest BCUT2D eigenvalue weighted by atomic mass is 9.43. The molecule has 0 aromatic rings. The molecule has 1 unspecified atom stereocenters. The molecule has 1 N–H and O–H groups in total. The highest BCUT2D eigenvalue weighted by atomic mass is 16.3. The van der Waals surface area contributed by atoms with E-state index in [0.717, 1.165) is 25.2 Å². The summed E-state index contributed by atoms with van der Waals surface area (Å²) in [5.74, 6) is 3.97. The van der Waals surface area contributed by atoms with Crippen LogP contribution in [-0.2, 0) is 0 Å². The van der Waals surface area contributed by atoms with Gasteiger partial charge in [0.1, 0.15) is 0 Å². The van der Waals surface area contributed by atoms with E-state index < -0.39 is 0 Å². The number of nitrogens with zero attached hydrogens (tertiary/aromatic N) is 1. The lowest BCUT2D eigenvalue weighted by Gasteiger charge is -2.60. The van der Waals surface area contributed by atoms with Crippen molar-refractivity contribution in [2.75, 3.05) is 0 Å². The van der Waals surface area contributed by atoms with E-state index in [1.165, 1.54) is 25.7 Å². The topological polar surface area (TPSA) is 44.0 Å². The molecule has 31 heavy (non-hydrogen) atoms. The zero-order valence-electron chi connectivity index (χ0n) is 20.8. The summed E-state index contributed by atoms with van der Waals surface area (Å²) in [5.41, 5.74) is 1.76. The van der Waals surface area contributed by atoms with Gasteiger partial charge in [-0.2, -0.15) is 5.26 Å². The Labute approximate surface area is 191 Å². The van der Waals surface area contributed by atoms with Crippen LogP contribution in [0.15, 0.2) is 23.8 Å². The van der Waals surface area contributed by atoms with E-state index in [1.807, 2.05) is 0 Å². The summed E-state index contributed by atoms with van der Waals surface area (Å²) in [6.45, 7) is 14.4. The van der Waals surface area contributed by atoms with Crippen molar-refractivity contribution in [3.05, 3.63) is 23.8 Å². The maximum atomic E-state index is 10.4. The third-order valence-electron chi connectivity index (χ3n) is 10.9. The van der Waals surface area contributed by atoms with Crippen molar-refractivity contribution < 1.29 is 5.11 Å². The number of hydrogen-bond acceptors (Lipinski definition) is 2. The van der Waals surface area contributed by atoms with Gasteiger partial charge in [-0.05, 0) is 97.7 Å². The van der Waals surface area contributed by atoms with Crippen molar-refractivity contribution in [1.29, 1.82) is 5.26 Å². The van der Waals surface area contributed by atoms with Crippen LogP contribution in [0.4, 0.5) is 0 Å². The monoisotopic (exact) mass is 423 g/mol. The molecule has 0 saturated heterocycles. The predicted molar refractivity (Wildman–Crippen MR) is 128 cm³/mol. The summed E-state index contributed by atoms with van der Waals surface area (Å²) in [4.78, 5) is 0. The molecule has 0 amide bonds. The highest BCUT2D eigenvalue weighted by Crippen LogP contribution is 2.69. The van der Waals surface area contributed by atoms with Gasteiger partial charge >= 0.3 is 0 Å². The molecule has 4 aliphatic carbocycles. The van der Waals surface area contributed by atoms with Gasteiger partial charge in [-0.1, -0.05) is 65.3 Å². The van der Waals surface area contributed by atoms with Crippen molar-refractivity contribution in [2.45, 2.75) is 99.0 Å². The van der Waals surface area contributed by atoms with Crippen LogP contribution >= 0.6 is 0 Å². The fourth-order valence-corrected chi connectivity index (χ4v) is 8.36. The van der Waals surface area contributed by atoms with Gasteiger partial charge in [0.15, 0.2) is 0 Å². The standard InChI is InChI=1S/C29H45NO/c1-19(2)20(3)7-8-21(4)24-9-10-25-23-12-16-29(18-30)17-22(31)11-15-28(29,6)26(23)13-14-27(24,25)5/h7-8,12,19-22,24-26,31H,9-11,13-17H2,1-6H3/b8-7+/t20-,21+,22+,24+,25-,26?,27+,28+,29-/m0/s1. The smallest absolute Gasteiger partial charge is 0.0700 e. The Morgan fingerprint density at radius 3 is 2.45 bits per heavy atom. The third-order valence-corrected chi connectivity index (χ3v) is 10.9. The molecule has 4 aliphatic rings. The number of nitriles is 1. The summed E-state index contributed by atoms with van der Waals surface area (Å²) in [6, 6.07) is 2.74. The summed E-state index contributed by atoms with van der Waals surface area (Å²) >= 11 is 0. The van der Waals surface area contributed by atoms with Crippen molar-refractivity contribution in [3.8, 4) is 6.07 Å². The molecule has 0 aromatic carbocycles. The Morgan fingerprint density at radius 1 is 1.03 bits per heavy atom. The lowest BCUT2D eigenvalue weighted by molar-refractivity contribution is -0.0768. The quantitative estimate of drug-likeness (QED) is 0.482. The Hall–Kier alpha value is -1.07. The molecule has 2 heteroatoms. The molecule has 0 bridgehead atoms. The number of fused-ring (bicyclic) bond motifs is 5. The van der Waals surface area contributed by atoms with Gasteiger partial charge in [-0.25, -0.2) is 0 Å². The van der Waals surface area contributed by atoms with Gasteiger partial charge in [0.2, 0.25) is 0 Å². The zero-order valence-corrected chi connectivity index (χ0v) is 20.8. The fraction of sp³-hybridized carbons (Fsp3) is 0.828. The van der Waals surface area contributed by atoms with Gasteiger partial charge in [-0.15, -0.1) is 0 Å². The Bertz CT molecular complexity index is 789. The molecule has 0 radical (unpaired) electrons. The lowest BCUT2D eigenvalue weighted by Crippen LogP contribution is -2.55. The maximum absolute atomic E-state index is 10.4. The molecule has 0 heterocycles. The average molecular weight is 424 g/mol. The zero-order chi connectivity index (χ0) is 22.6. The van der Waals surface area contributed by atoms with Crippen LogP contribution < -0.4 is 0 Å². The predicted octanol–water partition coefficient (Wildman–Crippen LogP) is 7.30. The first kappa shape index (κ1) is 23.1. The Kier molecular flexibility index (Phi) is 6.00. The van der Waals surface area contributed by atoms with Crippen molar-refractivity contribution in [3.63, 3.8) is 0 Å². The second kappa shape index (κ2) is 8.06. The second-order valence-electron chi connectivity index (χ2n) is 12.6. The van der Waals surface area contributed by atoms with Gasteiger partial charge in [-0.3, -0.25) is 0 Å². The Morgan fingerprint density at radius 2 is 1.77 bits per heavy atom. The Balaban J connectivity index is 1.60. The van der Waals surface area contributed by atoms with Crippen molar-refractivity contribution in [1.82, 2.24) is 0 Å². The molecule has 172 valence electrons. The third kappa shape index (κ3) is 3.45. The fourth-order valence-electron chi connectivity index (χ4n) is 8.36. The first-order valence-electron chi connectivity index (χ1n) is 13.1. The van der Waals surface area contributed by atoms with Crippen LogP contribution in [0.1, 0.15) is 92.9 Å². The minimum Gasteiger partial charge on any atom is -0.393 e. The van der Waals surface area contributed by atoms with Crippen LogP contribution in [0, 0.1) is 63.1 Å². The van der Waals surface area contributed by atoms with E-state index in [1.54, 1.807) is 5.57 Å². The minimum absolute atomic E-state index is 0.0305. The largest absolute Gasteiger partial charge is 0.393 e. The normalized spacial score (nSPS) is 46.6. The first-order chi connectivity index (χ1) is 14.6. The van der Waals surface area contributed by atoms with E-state index in [0.29, 0.717) is 41.4 Å². The number of rotatable bonds is 4. The van der Waals surface area contributed by atoms with Crippen LogP contribution in [-0.4, -0.2) is 11.2 Å². The van der Waals surface area contributed by atoms with E-state index in [4.69, 9.17) is 0 Å². The first-order valence-corrected chi connectivity index (χ1v) is 13.1. The maximum Gasteiger partial charge on any atom is 0.0700 e. The minimum atomic E-state index is -0.367. The second-order valence-corrected chi connectivity index (χ2v) is 12.6. The molecule has 0 aromatic heterocycles. The van der Waals surface area contributed by atoms with Gasteiger partial charge in [0.25, 0.3) is 0 Å². The van der Waals surface area contributed by atoms with Gasteiger partial charge < -0.3 is 5.11 Å². The SMILES string of the molecule is CC(C)[C@@H](C)/C=C/[C@@H](C)[C@H]1CC[C@H]2C3=CC[C@@]4(C#N)C[C@H](O)CC[C@]4(C)C3CC[C@]12C. The van der Waals surface area contributed by atoms with E-state index in [-0.39, 0.29) is 16.9 Å². The molecular weight excluding hydrogens is 378 g/mol. The van der Waals surface area contributed by atoms with E-state index >= 15 is 0 Å². The van der Waals surface area contributed by atoms with Crippen LogP contribution in [0.5, 0.6) is 0 Å². The van der Waals surface area contributed by atoms with Crippen LogP contribution in [0.2, 0.25) is 0 Å². The van der Waals surface area contributed by atoms with Gasteiger partial charge in [0, 0.05) is 0 Å². The molecule has 0 aliphatic heterocycles. The summed E-state index contributed by atoms with van der Waals surface area (Å²) in [5, 5.41) is 20.6. The number of hydrogen-bond donors (Lipinski definition) is 1. The average Bonchev–Trinajstić information content (AvgIpc) is 3.09. The molecule has 3 fully saturated rings. The highest BCUT2D eigenvalue weighted by Gasteiger charge is 2.62. The number of aliphatic hydroxyl groups excluding tert-OH is 1. The van der Waals surface area contributed by atoms with Crippen molar-refractivity contribution >= 4 is 0 Å².